The fraction of sp³-hybridized carbons (Fsp3) is 0.269. The molecule has 1 amide bonds. The zero-order valence-electron chi connectivity index (χ0n) is 18.8. The molecule has 0 saturated carbocycles. The third-order valence-electron chi connectivity index (χ3n) is 5.86. The van der Waals surface area contributed by atoms with Gasteiger partial charge in [-0.25, -0.2) is 8.42 Å². The number of benzene rings is 3. The summed E-state index contributed by atoms with van der Waals surface area (Å²) in [4.78, 5) is 13.1. The number of nitrogens with zero attached hydrogens (tertiary/aromatic N) is 1. The molecule has 3 aromatic rings. The maximum Gasteiger partial charge on any atom is 0.265 e. The molecule has 1 N–H and O–H groups in total. The molecule has 0 bridgehead atoms. The van der Waals surface area contributed by atoms with E-state index in [1.54, 1.807) is 30.3 Å². The van der Waals surface area contributed by atoms with Gasteiger partial charge in [-0.2, -0.15) is 0 Å². The quantitative estimate of drug-likeness (QED) is 0.608. The number of nitrogens with one attached hydrogen (secondary N) is 1. The maximum atomic E-state index is 13.3. The summed E-state index contributed by atoms with van der Waals surface area (Å²) >= 11 is 0. The third kappa shape index (κ3) is 4.02. The number of hydrogen-bond donors (Lipinski definition) is 1. The van der Waals surface area contributed by atoms with Gasteiger partial charge in [-0.3, -0.25) is 9.10 Å². The molecule has 0 radical (unpaired) electrons. The van der Waals surface area contributed by atoms with E-state index in [4.69, 9.17) is 0 Å². The summed E-state index contributed by atoms with van der Waals surface area (Å²) in [5.74, 6) is -0.352. The first kappa shape index (κ1) is 22.1. The number of anilines is 1. The Balaban J connectivity index is 1.57. The van der Waals surface area contributed by atoms with E-state index in [0.29, 0.717) is 11.3 Å². The molecule has 1 aliphatic heterocycles. The standard InChI is InChI=1S/C26H28N2O3S/c1-18(19-13-15-20(16-14-19)26(2,3)4)27-25(29)17-28-23-11-7-5-9-21(23)22-10-6-8-12-24(22)32(28,30)31/h5-16,18H,17H2,1-4H3,(H,27,29)/t18-/m1/s1. The van der Waals surface area contributed by atoms with Gasteiger partial charge in [0.2, 0.25) is 5.91 Å². The molecule has 32 heavy (non-hydrogen) atoms. The first-order valence-electron chi connectivity index (χ1n) is 10.7. The van der Waals surface area contributed by atoms with Gasteiger partial charge in [-0.15, -0.1) is 0 Å². The van der Waals surface area contributed by atoms with E-state index in [9.17, 15) is 13.2 Å². The van der Waals surface area contributed by atoms with Crippen LogP contribution >= 0.6 is 0 Å². The SMILES string of the molecule is C[C@@H](NC(=O)CN1c2ccccc2-c2ccccc2S1(=O)=O)c1ccc(C(C)(C)C)cc1. The highest BCUT2D eigenvalue weighted by Gasteiger charge is 2.35. The zero-order valence-corrected chi connectivity index (χ0v) is 19.6. The van der Waals surface area contributed by atoms with Crippen molar-refractivity contribution in [3.8, 4) is 11.1 Å². The number of carbonyl (C=O) groups excluding carboxylic acids is 1. The van der Waals surface area contributed by atoms with Crippen molar-refractivity contribution in [3.63, 3.8) is 0 Å². The van der Waals surface area contributed by atoms with Crippen LogP contribution in [-0.4, -0.2) is 20.9 Å². The molecule has 5 nitrogen and oxygen atoms in total. The smallest absolute Gasteiger partial charge is 0.265 e. The van der Waals surface area contributed by atoms with Crippen LogP contribution in [0.25, 0.3) is 11.1 Å². The van der Waals surface area contributed by atoms with Crippen molar-refractivity contribution in [1.29, 1.82) is 0 Å². The van der Waals surface area contributed by atoms with Crippen molar-refractivity contribution in [2.24, 2.45) is 0 Å². The summed E-state index contributed by atoms with van der Waals surface area (Å²) in [5, 5.41) is 2.95. The number of sulfonamides is 1. The monoisotopic (exact) mass is 448 g/mol. The largest absolute Gasteiger partial charge is 0.348 e. The number of para-hydroxylation sites is 1. The summed E-state index contributed by atoms with van der Waals surface area (Å²) in [7, 11) is -3.84. The molecular weight excluding hydrogens is 420 g/mol. The summed E-state index contributed by atoms with van der Waals surface area (Å²) < 4.78 is 27.9. The van der Waals surface area contributed by atoms with Crippen molar-refractivity contribution in [1.82, 2.24) is 5.32 Å². The lowest BCUT2D eigenvalue weighted by Crippen LogP contribution is -2.43. The van der Waals surface area contributed by atoms with Crippen molar-refractivity contribution in [2.75, 3.05) is 10.8 Å². The minimum Gasteiger partial charge on any atom is -0.348 e. The number of hydrogen-bond acceptors (Lipinski definition) is 3. The second-order valence-corrected chi connectivity index (χ2v) is 11.0. The van der Waals surface area contributed by atoms with Crippen molar-refractivity contribution in [3.05, 3.63) is 83.9 Å². The summed E-state index contributed by atoms with van der Waals surface area (Å²) in [6, 6.07) is 22.1. The molecule has 0 aliphatic carbocycles. The third-order valence-corrected chi connectivity index (χ3v) is 7.68. The molecule has 0 fully saturated rings. The average Bonchev–Trinajstić information content (AvgIpc) is 2.76. The molecule has 6 heteroatoms. The molecule has 1 atom stereocenters. The highest BCUT2D eigenvalue weighted by Crippen LogP contribution is 2.42. The van der Waals surface area contributed by atoms with Crippen LogP contribution in [0.2, 0.25) is 0 Å². The van der Waals surface area contributed by atoms with Crippen molar-refractivity contribution >= 4 is 21.6 Å². The molecule has 4 rings (SSSR count). The lowest BCUT2D eigenvalue weighted by atomic mass is 9.86. The van der Waals surface area contributed by atoms with Crippen LogP contribution in [-0.2, 0) is 20.2 Å². The Labute approximate surface area is 190 Å². The number of fused-ring (bicyclic) bond motifs is 3. The molecule has 0 saturated heterocycles. The Morgan fingerprint density at radius 3 is 2.16 bits per heavy atom. The van der Waals surface area contributed by atoms with E-state index >= 15 is 0 Å². The Bertz CT molecular complexity index is 1260. The average molecular weight is 449 g/mol. The van der Waals surface area contributed by atoms with Gasteiger partial charge in [0.25, 0.3) is 10.0 Å². The van der Waals surface area contributed by atoms with Gasteiger partial charge in [0.1, 0.15) is 6.54 Å². The Kier molecular flexibility index (Phi) is 5.59. The van der Waals surface area contributed by atoms with E-state index in [1.165, 1.54) is 9.87 Å². The Morgan fingerprint density at radius 2 is 1.50 bits per heavy atom. The minimum atomic E-state index is -3.84. The zero-order chi connectivity index (χ0) is 23.1. The summed E-state index contributed by atoms with van der Waals surface area (Å²) in [5.41, 5.74) is 4.22. The van der Waals surface area contributed by atoms with Gasteiger partial charge in [-0.05, 0) is 35.6 Å². The fourth-order valence-electron chi connectivity index (χ4n) is 4.02. The van der Waals surface area contributed by atoms with Crippen LogP contribution in [0.5, 0.6) is 0 Å². The van der Waals surface area contributed by atoms with E-state index in [2.05, 4.69) is 38.2 Å². The van der Waals surface area contributed by atoms with Crippen LogP contribution < -0.4 is 9.62 Å². The van der Waals surface area contributed by atoms with Crippen molar-refractivity contribution in [2.45, 2.75) is 44.0 Å². The van der Waals surface area contributed by atoms with Gasteiger partial charge < -0.3 is 5.32 Å². The topological polar surface area (TPSA) is 66.5 Å². The molecular formula is C26H28N2O3S. The molecule has 0 spiro atoms. The van der Waals surface area contributed by atoms with Gasteiger partial charge >= 0.3 is 0 Å². The van der Waals surface area contributed by atoms with E-state index in [-0.39, 0.29) is 28.8 Å². The van der Waals surface area contributed by atoms with E-state index in [0.717, 1.165) is 11.1 Å². The Morgan fingerprint density at radius 1 is 0.906 bits per heavy atom. The van der Waals surface area contributed by atoms with Crippen LogP contribution in [0.15, 0.2) is 77.7 Å². The highest BCUT2D eigenvalue weighted by atomic mass is 32.2. The van der Waals surface area contributed by atoms with Gasteiger partial charge in [0.15, 0.2) is 0 Å². The van der Waals surface area contributed by atoms with E-state index in [1.807, 2.05) is 37.3 Å². The molecule has 166 valence electrons. The second kappa shape index (κ2) is 8.10. The van der Waals surface area contributed by atoms with Crippen molar-refractivity contribution < 1.29 is 13.2 Å². The van der Waals surface area contributed by atoms with E-state index < -0.39 is 10.0 Å². The molecule has 0 aromatic heterocycles. The molecule has 1 aliphatic rings. The second-order valence-electron chi connectivity index (χ2n) is 9.19. The lowest BCUT2D eigenvalue weighted by molar-refractivity contribution is -0.120. The first-order chi connectivity index (χ1) is 15.1. The highest BCUT2D eigenvalue weighted by molar-refractivity contribution is 7.93. The predicted octanol–water partition coefficient (Wildman–Crippen LogP) is 5.04. The number of amides is 1. The van der Waals surface area contributed by atoms with Crippen LogP contribution in [0, 0.1) is 0 Å². The normalized spacial score (nSPS) is 15.4. The maximum absolute atomic E-state index is 13.3. The lowest BCUT2D eigenvalue weighted by Gasteiger charge is -2.32. The van der Waals surface area contributed by atoms with Crippen LogP contribution in [0.4, 0.5) is 5.69 Å². The number of rotatable bonds is 4. The summed E-state index contributed by atoms with van der Waals surface area (Å²) in [6.07, 6.45) is 0. The van der Waals surface area contributed by atoms with Gasteiger partial charge in [0.05, 0.1) is 16.6 Å². The molecule has 3 aromatic carbocycles. The molecule has 0 unspecified atom stereocenters. The van der Waals surface area contributed by atoms with Crippen LogP contribution in [0.3, 0.4) is 0 Å². The Hall–Kier alpha value is -3.12. The summed E-state index contributed by atoms with van der Waals surface area (Å²) in [6.45, 7) is 8.09. The predicted molar refractivity (Wildman–Crippen MR) is 128 cm³/mol. The fourth-order valence-corrected chi connectivity index (χ4v) is 5.67. The van der Waals surface area contributed by atoms with Crippen LogP contribution in [0.1, 0.15) is 44.9 Å². The first-order valence-corrected chi connectivity index (χ1v) is 12.1. The number of carbonyl (C=O) groups is 1. The van der Waals surface area contributed by atoms with Gasteiger partial charge in [-0.1, -0.05) is 81.4 Å². The minimum absolute atomic E-state index is 0.0529. The molecule has 1 heterocycles. The van der Waals surface area contributed by atoms with Gasteiger partial charge in [0, 0.05) is 11.1 Å².